The van der Waals surface area contributed by atoms with Gasteiger partial charge in [-0.15, -0.1) is 0 Å². The van der Waals surface area contributed by atoms with Crippen molar-refractivity contribution in [3.63, 3.8) is 0 Å². The topological polar surface area (TPSA) is 54.7 Å². The molecular weight excluding hydrogens is 355 g/mol. The lowest BCUT2D eigenvalue weighted by molar-refractivity contribution is -0.0366. The second kappa shape index (κ2) is 6.47. The summed E-state index contributed by atoms with van der Waals surface area (Å²) in [4.78, 5) is 0. The van der Waals surface area contributed by atoms with Crippen LogP contribution in [0.15, 0.2) is 18.3 Å². The van der Waals surface area contributed by atoms with E-state index in [-0.39, 0.29) is 23.5 Å². The summed E-state index contributed by atoms with van der Waals surface area (Å²) in [5.74, 6) is 0.848. The van der Waals surface area contributed by atoms with Crippen molar-refractivity contribution in [3.05, 3.63) is 18.3 Å². The molecule has 2 saturated heterocycles. The van der Waals surface area contributed by atoms with Gasteiger partial charge >= 0.3 is 7.12 Å². The van der Waals surface area contributed by atoms with Crippen LogP contribution in [-0.2, 0) is 14.0 Å². The molecule has 1 aromatic heterocycles. The zero-order valence-corrected chi connectivity index (χ0v) is 17.2. The summed E-state index contributed by atoms with van der Waals surface area (Å²) >= 11 is 0. The molecule has 2 aliphatic heterocycles. The first-order valence-electron chi connectivity index (χ1n) is 10.5. The van der Waals surface area contributed by atoms with E-state index < -0.39 is 7.12 Å². The lowest BCUT2D eigenvalue weighted by Gasteiger charge is -2.32. The van der Waals surface area contributed by atoms with Gasteiger partial charge < -0.3 is 18.8 Å². The minimum atomic E-state index is -0.447. The predicted octanol–water partition coefficient (Wildman–Crippen LogP) is 3.58. The van der Waals surface area contributed by atoms with E-state index in [1.54, 1.807) is 0 Å². The largest absolute Gasteiger partial charge is 0.498 e. The summed E-state index contributed by atoms with van der Waals surface area (Å²) in [5.41, 5.74) is 1.22. The fraction of sp³-hybridized carbons (Fsp3) is 0.667. The molecule has 0 bridgehead atoms. The van der Waals surface area contributed by atoms with Crippen LogP contribution < -0.4 is 10.2 Å². The molecule has 7 heteroatoms. The molecule has 1 atom stereocenters. The fourth-order valence-corrected chi connectivity index (χ4v) is 3.90. The van der Waals surface area contributed by atoms with Crippen molar-refractivity contribution in [3.8, 4) is 5.75 Å². The first-order chi connectivity index (χ1) is 13.4. The van der Waals surface area contributed by atoms with Crippen molar-refractivity contribution >= 4 is 23.5 Å². The normalized spacial score (nSPS) is 26.7. The second-order valence-electron chi connectivity index (χ2n) is 9.23. The number of hydrogen-bond acceptors (Lipinski definition) is 5. The Morgan fingerprint density at radius 2 is 1.82 bits per heavy atom. The first-order valence-corrected chi connectivity index (χ1v) is 10.5. The number of aromatic nitrogens is 2. The monoisotopic (exact) mass is 384 g/mol. The summed E-state index contributed by atoms with van der Waals surface area (Å²) in [7, 11) is -0.447. The van der Waals surface area contributed by atoms with Crippen molar-refractivity contribution in [1.82, 2.24) is 9.78 Å². The molecule has 3 heterocycles. The molecule has 150 valence electrons. The van der Waals surface area contributed by atoms with Gasteiger partial charge in [0.05, 0.1) is 34.4 Å². The third-order valence-electron chi connectivity index (χ3n) is 6.51. The summed E-state index contributed by atoms with van der Waals surface area (Å²) in [5, 5.41) is 5.67. The minimum Gasteiger partial charge on any atom is -0.490 e. The Morgan fingerprint density at radius 1 is 1.07 bits per heavy atom. The van der Waals surface area contributed by atoms with Gasteiger partial charge in [0, 0.05) is 12.1 Å². The average molecular weight is 384 g/mol. The van der Waals surface area contributed by atoms with E-state index in [1.807, 2.05) is 10.9 Å². The number of benzene rings is 1. The predicted molar refractivity (Wildman–Crippen MR) is 108 cm³/mol. The van der Waals surface area contributed by atoms with E-state index in [1.165, 1.54) is 6.42 Å². The Hall–Kier alpha value is -1.57. The molecule has 28 heavy (non-hydrogen) atoms. The van der Waals surface area contributed by atoms with Crippen LogP contribution in [0.25, 0.3) is 10.9 Å². The van der Waals surface area contributed by atoms with E-state index in [9.17, 15) is 0 Å². The van der Waals surface area contributed by atoms with Gasteiger partial charge in [-0.1, -0.05) is 6.07 Å². The number of ether oxygens (including phenoxy) is 2. The molecule has 0 N–H and O–H groups in total. The Balaban J connectivity index is 1.56. The van der Waals surface area contributed by atoms with Gasteiger partial charge in [-0.2, -0.15) is 5.10 Å². The van der Waals surface area contributed by atoms with Gasteiger partial charge in [0.15, 0.2) is 6.23 Å². The smallest absolute Gasteiger partial charge is 0.490 e. The van der Waals surface area contributed by atoms with Crippen LogP contribution in [0.3, 0.4) is 0 Å². The Morgan fingerprint density at radius 3 is 2.46 bits per heavy atom. The molecule has 6 nitrogen and oxygen atoms in total. The van der Waals surface area contributed by atoms with Crippen LogP contribution in [0.4, 0.5) is 0 Å². The summed E-state index contributed by atoms with van der Waals surface area (Å²) < 4.78 is 26.9. The zero-order chi connectivity index (χ0) is 19.5. The summed E-state index contributed by atoms with van der Waals surface area (Å²) in [6, 6.07) is 4.17. The average Bonchev–Trinajstić information content (AvgIpc) is 3.31. The number of fused-ring (bicyclic) bond motifs is 1. The maximum absolute atomic E-state index is 6.36. The van der Waals surface area contributed by atoms with Gasteiger partial charge in [-0.25, -0.2) is 4.68 Å². The summed E-state index contributed by atoms with van der Waals surface area (Å²) in [6.07, 6.45) is 7.66. The first kappa shape index (κ1) is 18.5. The molecule has 5 rings (SSSR count). The highest BCUT2D eigenvalue weighted by atomic mass is 16.7. The van der Waals surface area contributed by atoms with Crippen molar-refractivity contribution in [2.24, 2.45) is 0 Å². The van der Waals surface area contributed by atoms with Gasteiger partial charge in [0.1, 0.15) is 5.75 Å². The van der Waals surface area contributed by atoms with Crippen LogP contribution in [0.1, 0.15) is 66.0 Å². The molecule has 0 amide bonds. The maximum Gasteiger partial charge on any atom is 0.498 e. The SMILES string of the molecule is CC1(C)OB(c2ccc3c(cnn3C3CCCCO3)c2OC2CC2)OC1(C)C. The second-order valence-corrected chi connectivity index (χ2v) is 9.23. The Bertz CT molecular complexity index is 868. The number of rotatable bonds is 4. The standard InChI is InChI=1S/C21H29BN2O4/c1-20(2)21(3,4)28-22(27-20)16-10-11-17-15(19(16)26-14-8-9-14)13-23-24(17)18-7-5-6-12-25-18/h10-11,13-14,18H,5-9,12H2,1-4H3. The van der Waals surface area contributed by atoms with Crippen LogP contribution in [0.2, 0.25) is 0 Å². The van der Waals surface area contributed by atoms with Gasteiger partial charge in [0.25, 0.3) is 0 Å². The zero-order valence-electron chi connectivity index (χ0n) is 17.2. The van der Waals surface area contributed by atoms with E-state index >= 15 is 0 Å². The van der Waals surface area contributed by atoms with Crippen molar-refractivity contribution < 1.29 is 18.8 Å². The third-order valence-corrected chi connectivity index (χ3v) is 6.51. The molecule has 2 aromatic rings. The van der Waals surface area contributed by atoms with Crippen molar-refractivity contribution in [2.45, 2.75) is 83.3 Å². The molecular formula is C21H29BN2O4. The molecule has 0 radical (unpaired) electrons. The fourth-order valence-electron chi connectivity index (χ4n) is 3.90. The molecule has 1 aliphatic carbocycles. The van der Waals surface area contributed by atoms with Crippen LogP contribution in [0.5, 0.6) is 5.75 Å². The van der Waals surface area contributed by atoms with E-state index in [0.717, 1.165) is 54.4 Å². The third kappa shape index (κ3) is 3.04. The lowest BCUT2D eigenvalue weighted by Crippen LogP contribution is -2.41. The number of nitrogens with zero attached hydrogens (tertiary/aromatic N) is 2. The van der Waals surface area contributed by atoms with Crippen LogP contribution in [0, 0.1) is 0 Å². The molecule has 3 aliphatic rings. The maximum atomic E-state index is 6.36. The molecule has 1 unspecified atom stereocenters. The van der Waals surface area contributed by atoms with Gasteiger partial charge in [-0.05, 0) is 65.9 Å². The lowest BCUT2D eigenvalue weighted by atomic mass is 9.77. The highest BCUT2D eigenvalue weighted by molar-refractivity contribution is 6.63. The van der Waals surface area contributed by atoms with Crippen LogP contribution in [-0.4, -0.2) is 40.8 Å². The number of hydrogen-bond donors (Lipinski definition) is 0. The van der Waals surface area contributed by atoms with Crippen molar-refractivity contribution in [2.75, 3.05) is 6.61 Å². The molecule has 1 aromatic carbocycles. The van der Waals surface area contributed by atoms with Gasteiger partial charge in [0.2, 0.25) is 0 Å². The highest BCUT2D eigenvalue weighted by Crippen LogP contribution is 2.39. The summed E-state index contributed by atoms with van der Waals surface area (Å²) in [6.45, 7) is 9.09. The van der Waals surface area contributed by atoms with E-state index in [2.05, 4.69) is 44.9 Å². The Kier molecular flexibility index (Phi) is 4.27. The highest BCUT2D eigenvalue weighted by Gasteiger charge is 2.52. The molecule has 1 saturated carbocycles. The van der Waals surface area contributed by atoms with Gasteiger partial charge in [-0.3, -0.25) is 0 Å². The van der Waals surface area contributed by atoms with Crippen molar-refractivity contribution in [1.29, 1.82) is 0 Å². The Labute approximate surface area is 166 Å². The van der Waals surface area contributed by atoms with E-state index in [4.69, 9.17) is 18.8 Å². The van der Waals surface area contributed by atoms with E-state index in [0.29, 0.717) is 0 Å². The molecule has 3 fully saturated rings. The van der Waals surface area contributed by atoms with Crippen LogP contribution >= 0.6 is 0 Å². The quantitative estimate of drug-likeness (QED) is 0.755. The molecule has 0 spiro atoms. The minimum absolute atomic E-state index is 0.00252.